The zero-order valence-corrected chi connectivity index (χ0v) is 13.7. The monoisotopic (exact) mass is 327 g/mol. The normalized spacial score (nSPS) is 17.7. The van der Waals surface area contributed by atoms with Gasteiger partial charge in [0.05, 0.1) is 18.7 Å². The van der Waals surface area contributed by atoms with Crippen LogP contribution < -0.4 is 21.1 Å². The third-order valence-electron chi connectivity index (χ3n) is 3.98. The number of benzene rings is 2. The Kier molecular flexibility index (Phi) is 3.92. The molecule has 2 aromatic rings. The van der Waals surface area contributed by atoms with Crippen LogP contribution in [0.2, 0.25) is 0 Å². The first-order valence-electron chi connectivity index (χ1n) is 7.16. The van der Waals surface area contributed by atoms with E-state index in [0.717, 1.165) is 22.1 Å². The molecule has 0 unspecified atom stereocenters. The Hall–Kier alpha value is -2.60. The third-order valence-corrected chi connectivity index (χ3v) is 4.20. The van der Waals surface area contributed by atoms with Gasteiger partial charge in [-0.1, -0.05) is 30.3 Å². The van der Waals surface area contributed by atoms with E-state index in [1.165, 1.54) is 0 Å². The van der Waals surface area contributed by atoms with Crippen molar-refractivity contribution < 1.29 is 9.53 Å². The maximum absolute atomic E-state index is 11.9. The number of allylic oxidation sites excluding steroid dienone is 1. The molecule has 118 valence electrons. The first-order valence-corrected chi connectivity index (χ1v) is 7.57. The number of thiocarbonyl (C=S) groups is 1. The molecule has 0 aliphatic carbocycles. The molecule has 1 heterocycles. The highest BCUT2D eigenvalue weighted by atomic mass is 32.1. The van der Waals surface area contributed by atoms with E-state index in [9.17, 15) is 4.79 Å². The predicted molar refractivity (Wildman–Crippen MR) is 94.0 cm³/mol. The number of amides is 1. The molecule has 0 saturated carbocycles. The lowest BCUT2D eigenvalue weighted by atomic mass is 9.91. The minimum absolute atomic E-state index is 0.392. The van der Waals surface area contributed by atoms with Crippen molar-refractivity contribution in [1.82, 2.24) is 10.6 Å². The van der Waals surface area contributed by atoms with E-state index in [2.05, 4.69) is 10.6 Å². The Bertz CT molecular complexity index is 845. The zero-order chi connectivity index (χ0) is 16.6. The lowest BCUT2D eigenvalue weighted by Crippen LogP contribution is -2.46. The summed E-state index contributed by atoms with van der Waals surface area (Å²) in [4.78, 5) is 11.9. The van der Waals surface area contributed by atoms with Crippen LogP contribution in [0.25, 0.3) is 10.8 Å². The Morgan fingerprint density at radius 2 is 1.91 bits per heavy atom. The molecule has 0 spiro atoms. The smallest absolute Gasteiger partial charge is 0.248 e. The second kappa shape index (κ2) is 5.89. The molecule has 1 amide bonds. The van der Waals surface area contributed by atoms with Gasteiger partial charge in [-0.25, -0.2) is 0 Å². The minimum atomic E-state index is -0.477. The molecule has 0 radical (unpaired) electrons. The molecule has 6 heteroatoms. The SMILES string of the molecule is COc1ccc([C@H]2NC(=S)NC(C)=C2C(N)=O)c2ccccc12. The fourth-order valence-corrected chi connectivity index (χ4v) is 3.25. The lowest BCUT2D eigenvalue weighted by Gasteiger charge is -2.30. The lowest BCUT2D eigenvalue weighted by molar-refractivity contribution is -0.115. The van der Waals surface area contributed by atoms with Crippen LogP contribution in [0, 0.1) is 0 Å². The molecule has 1 aliphatic heterocycles. The number of carbonyl (C=O) groups excluding carboxylic acids is 1. The molecule has 5 nitrogen and oxygen atoms in total. The van der Waals surface area contributed by atoms with Crippen LogP contribution in [0.1, 0.15) is 18.5 Å². The van der Waals surface area contributed by atoms with Gasteiger partial charge < -0.3 is 21.1 Å². The van der Waals surface area contributed by atoms with Crippen LogP contribution in [-0.4, -0.2) is 18.1 Å². The summed E-state index contributed by atoms with van der Waals surface area (Å²) in [6.45, 7) is 1.80. The predicted octanol–water partition coefficient (Wildman–Crippen LogP) is 2.13. The van der Waals surface area contributed by atoms with Crippen LogP contribution in [-0.2, 0) is 4.79 Å². The molecular formula is C17H17N3O2S. The molecule has 3 rings (SSSR count). The summed E-state index contributed by atoms with van der Waals surface area (Å²) in [6.07, 6.45) is 0. The number of nitrogens with two attached hydrogens (primary N) is 1. The minimum Gasteiger partial charge on any atom is -0.496 e. The van der Waals surface area contributed by atoms with E-state index < -0.39 is 11.9 Å². The number of hydrogen-bond acceptors (Lipinski definition) is 3. The van der Waals surface area contributed by atoms with Gasteiger partial charge in [0.1, 0.15) is 5.75 Å². The average Bonchev–Trinajstić information content (AvgIpc) is 2.52. The third kappa shape index (κ3) is 2.61. The van der Waals surface area contributed by atoms with E-state index in [1.807, 2.05) is 36.4 Å². The Morgan fingerprint density at radius 3 is 2.57 bits per heavy atom. The number of carbonyl (C=O) groups is 1. The largest absolute Gasteiger partial charge is 0.496 e. The van der Waals surface area contributed by atoms with Gasteiger partial charge in [-0.15, -0.1) is 0 Å². The molecule has 0 aromatic heterocycles. The molecule has 23 heavy (non-hydrogen) atoms. The van der Waals surface area contributed by atoms with Crippen molar-refractivity contribution in [1.29, 1.82) is 0 Å². The van der Waals surface area contributed by atoms with E-state index in [0.29, 0.717) is 16.4 Å². The van der Waals surface area contributed by atoms with Crippen LogP contribution in [0.15, 0.2) is 47.7 Å². The first-order chi connectivity index (χ1) is 11.0. The number of methoxy groups -OCH3 is 1. The van der Waals surface area contributed by atoms with E-state index in [1.54, 1.807) is 14.0 Å². The highest BCUT2D eigenvalue weighted by molar-refractivity contribution is 7.80. The van der Waals surface area contributed by atoms with Gasteiger partial charge in [-0.2, -0.15) is 0 Å². The van der Waals surface area contributed by atoms with Crippen molar-refractivity contribution in [3.8, 4) is 5.75 Å². The average molecular weight is 327 g/mol. The fraction of sp³-hybridized carbons (Fsp3) is 0.176. The summed E-state index contributed by atoms with van der Waals surface area (Å²) in [7, 11) is 1.64. The summed E-state index contributed by atoms with van der Waals surface area (Å²) in [5, 5.41) is 8.53. The van der Waals surface area contributed by atoms with E-state index in [-0.39, 0.29) is 0 Å². The number of primary amides is 1. The highest BCUT2D eigenvalue weighted by Gasteiger charge is 2.29. The maximum atomic E-state index is 11.9. The number of fused-ring (bicyclic) bond motifs is 1. The van der Waals surface area contributed by atoms with Crippen molar-refractivity contribution in [2.45, 2.75) is 13.0 Å². The number of ether oxygens (including phenoxy) is 1. The van der Waals surface area contributed by atoms with Gasteiger partial charge in [0, 0.05) is 11.1 Å². The van der Waals surface area contributed by atoms with Crippen LogP contribution >= 0.6 is 12.2 Å². The van der Waals surface area contributed by atoms with Crippen molar-refractivity contribution in [2.24, 2.45) is 5.73 Å². The second-order valence-electron chi connectivity index (χ2n) is 5.34. The second-order valence-corrected chi connectivity index (χ2v) is 5.75. The van der Waals surface area contributed by atoms with Crippen molar-refractivity contribution in [3.63, 3.8) is 0 Å². The maximum Gasteiger partial charge on any atom is 0.248 e. The number of hydrogen-bond donors (Lipinski definition) is 3. The molecule has 0 bridgehead atoms. The zero-order valence-electron chi connectivity index (χ0n) is 12.8. The summed E-state index contributed by atoms with van der Waals surface area (Å²) in [5.41, 5.74) is 7.67. The molecule has 0 fully saturated rings. The standard InChI is InChI=1S/C17H17N3O2S/c1-9-14(16(18)21)15(20-17(23)19-9)12-7-8-13(22-2)11-6-4-3-5-10(11)12/h3-8,15H,1-2H3,(H2,18,21)(H2,19,20,23)/t15-/m1/s1. The van der Waals surface area contributed by atoms with Gasteiger partial charge in [0.25, 0.3) is 0 Å². The molecule has 2 aromatic carbocycles. The Labute approximate surface area is 139 Å². The summed E-state index contributed by atoms with van der Waals surface area (Å²) in [5.74, 6) is 0.303. The molecule has 1 aliphatic rings. The molecule has 1 atom stereocenters. The van der Waals surface area contributed by atoms with Crippen LogP contribution in [0.4, 0.5) is 0 Å². The highest BCUT2D eigenvalue weighted by Crippen LogP contribution is 2.35. The summed E-state index contributed by atoms with van der Waals surface area (Å²) in [6, 6.07) is 11.3. The molecule has 0 saturated heterocycles. The summed E-state index contributed by atoms with van der Waals surface area (Å²) < 4.78 is 5.42. The number of rotatable bonds is 3. The number of nitrogens with one attached hydrogen (secondary N) is 2. The molecular weight excluding hydrogens is 310 g/mol. The Balaban J connectivity index is 2.25. The van der Waals surface area contributed by atoms with Crippen LogP contribution in [0.3, 0.4) is 0 Å². The van der Waals surface area contributed by atoms with Crippen molar-refractivity contribution in [2.75, 3.05) is 7.11 Å². The van der Waals surface area contributed by atoms with Crippen molar-refractivity contribution in [3.05, 3.63) is 53.2 Å². The first kappa shape index (κ1) is 15.3. The molecule has 4 N–H and O–H groups in total. The van der Waals surface area contributed by atoms with Gasteiger partial charge >= 0.3 is 0 Å². The topological polar surface area (TPSA) is 76.4 Å². The van der Waals surface area contributed by atoms with Gasteiger partial charge in [0.2, 0.25) is 5.91 Å². The van der Waals surface area contributed by atoms with Gasteiger partial charge in [-0.3, -0.25) is 4.79 Å². The Morgan fingerprint density at radius 1 is 1.22 bits per heavy atom. The van der Waals surface area contributed by atoms with Crippen LogP contribution in [0.5, 0.6) is 5.75 Å². The fourth-order valence-electron chi connectivity index (χ4n) is 2.98. The summed E-state index contributed by atoms with van der Waals surface area (Å²) >= 11 is 5.24. The van der Waals surface area contributed by atoms with Gasteiger partial charge in [0.15, 0.2) is 5.11 Å². The van der Waals surface area contributed by atoms with Crippen molar-refractivity contribution >= 4 is 34.0 Å². The van der Waals surface area contributed by atoms with E-state index in [4.69, 9.17) is 22.7 Å². The van der Waals surface area contributed by atoms with E-state index >= 15 is 0 Å². The van der Waals surface area contributed by atoms with Gasteiger partial charge in [-0.05, 0) is 36.2 Å². The quantitative estimate of drug-likeness (QED) is 0.753.